The van der Waals surface area contributed by atoms with Crippen LogP contribution in [0.3, 0.4) is 0 Å². The Morgan fingerprint density at radius 2 is 1.90 bits per heavy atom. The van der Waals surface area contributed by atoms with Crippen molar-refractivity contribution >= 4 is 17.6 Å². The zero-order valence-electron chi connectivity index (χ0n) is 11.5. The molecule has 1 unspecified atom stereocenters. The van der Waals surface area contributed by atoms with Crippen molar-refractivity contribution in [3.63, 3.8) is 0 Å². The van der Waals surface area contributed by atoms with Crippen molar-refractivity contribution in [2.24, 2.45) is 16.9 Å². The fourth-order valence-corrected chi connectivity index (χ4v) is 2.11. The van der Waals surface area contributed by atoms with Gasteiger partial charge in [0.2, 0.25) is 5.91 Å². The second kappa shape index (κ2) is 5.50. The van der Waals surface area contributed by atoms with E-state index < -0.39 is 6.03 Å². The van der Waals surface area contributed by atoms with Crippen molar-refractivity contribution in [3.05, 3.63) is 29.8 Å². The molecule has 0 aliphatic heterocycles. The van der Waals surface area contributed by atoms with Crippen molar-refractivity contribution in [1.82, 2.24) is 5.32 Å². The van der Waals surface area contributed by atoms with Crippen LogP contribution in [0.1, 0.15) is 31.4 Å². The molecule has 0 radical (unpaired) electrons. The molecule has 0 heterocycles. The Morgan fingerprint density at radius 3 is 2.35 bits per heavy atom. The average Bonchev–Trinajstić information content (AvgIpc) is 3.19. The molecule has 1 aromatic carbocycles. The lowest BCUT2D eigenvalue weighted by molar-refractivity contribution is -0.126. The molecule has 0 spiro atoms. The first-order valence-corrected chi connectivity index (χ1v) is 6.64. The highest BCUT2D eigenvalue weighted by Gasteiger charge is 2.48. The van der Waals surface area contributed by atoms with Gasteiger partial charge in [-0.2, -0.15) is 0 Å². The fraction of sp³-hybridized carbons (Fsp3) is 0.429. The Bertz CT molecular complexity index is 508. The van der Waals surface area contributed by atoms with E-state index in [1.54, 1.807) is 12.1 Å². The van der Waals surface area contributed by atoms with Gasteiger partial charge < -0.3 is 22.1 Å². The van der Waals surface area contributed by atoms with Crippen LogP contribution in [0.4, 0.5) is 10.5 Å². The number of rotatable bonds is 5. The SMILES string of the molecule is CC(NC(=O)C1(CN)CC1)c1ccc(NC(N)=O)cc1. The molecular weight excluding hydrogens is 256 g/mol. The zero-order chi connectivity index (χ0) is 14.8. The summed E-state index contributed by atoms with van der Waals surface area (Å²) in [5.41, 5.74) is 11.9. The number of primary amides is 1. The summed E-state index contributed by atoms with van der Waals surface area (Å²) in [4.78, 5) is 22.8. The second-order valence-electron chi connectivity index (χ2n) is 5.29. The zero-order valence-corrected chi connectivity index (χ0v) is 11.5. The van der Waals surface area contributed by atoms with E-state index in [1.165, 1.54) is 0 Å². The first kappa shape index (κ1) is 14.3. The third-order valence-corrected chi connectivity index (χ3v) is 3.75. The maximum atomic E-state index is 12.1. The van der Waals surface area contributed by atoms with Gasteiger partial charge in [0.1, 0.15) is 0 Å². The van der Waals surface area contributed by atoms with Gasteiger partial charge in [0.05, 0.1) is 11.5 Å². The Kier molecular flexibility index (Phi) is 3.94. The van der Waals surface area contributed by atoms with Gasteiger partial charge in [-0.05, 0) is 37.5 Å². The molecule has 0 bridgehead atoms. The molecule has 2 rings (SSSR count). The Labute approximate surface area is 117 Å². The van der Waals surface area contributed by atoms with Crippen LogP contribution in [0, 0.1) is 5.41 Å². The van der Waals surface area contributed by atoms with E-state index in [-0.39, 0.29) is 17.4 Å². The van der Waals surface area contributed by atoms with Gasteiger partial charge in [0, 0.05) is 12.2 Å². The molecule has 3 amide bonds. The van der Waals surface area contributed by atoms with Crippen LogP contribution in [0.2, 0.25) is 0 Å². The predicted molar refractivity (Wildman–Crippen MR) is 76.9 cm³/mol. The number of hydrogen-bond donors (Lipinski definition) is 4. The highest BCUT2D eigenvalue weighted by Crippen LogP contribution is 2.45. The van der Waals surface area contributed by atoms with Crippen molar-refractivity contribution in [2.45, 2.75) is 25.8 Å². The maximum absolute atomic E-state index is 12.1. The summed E-state index contributed by atoms with van der Waals surface area (Å²) in [6.45, 7) is 2.31. The number of anilines is 1. The van der Waals surface area contributed by atoms with Gasteiger partial charge in [0.25, 0.3) is 0 Å². The standard InChI is InChI=1S/C14H20N4O2/c1-9(17-12(19)14(8-15)6-7-14)10-2-4-11(5-3-10)18-13(16)20/h2-5,9H,6-8,15H2,1H3,(H,17,19)(H3,16,18,20). The van der Waals surface area contributed by atoms with Gasteiger partial charge in [-0.25, -0.2) is 4.79 Å². The van der Waals surface area contributed by atoms with E-state index in [0.717, 1.165) is 18.4 Å². The van der Waals surface area contributed by atoms with Gasteiger partial charge in [-0.1, -0.05) is 12.1 Å². The molecule has 6 N–H and O–H groups in total. The van der Waals surface area contributed by atoms with E-state index in [4.69, 9.17) is 11.5 Å². The quantitative estimate of drug-likeness (QED) is 0.646. The predicted octanol–water partition coefficient (Wildman–Crippen LogP) is 1.09. The molecule has 1 saturated carbocycles. The molecule has 6 nitrogen and oxygen atoms in total. The number of nitrogens with one attached hydrogen (secondary N) is 2. The van der Waals surface area contributed by atoms with E-state index in [0.29, 0.717) is 12.2 Å². The van der Waals surface area contributed by atoms with Crippen LogP contribution in [-0.2, 0) is 4.79 Å². The maximum Gasteiger partial charge on any atom is 0.316 e. The molecule has 6 heteroatoms. The highest BCUT2D eigenvalue weighted by atomic mass is 16.2. The minimum Gasteiger partial charge on any atom is -0.351 e. The number of amides is 3. The van der Waals surface area contributed by atoms with Gasteiger partial charge >= 0.3 is 6.03 Å². The van der Waals surface area contributed by atoms with Crippen LogP contribution in [0.15, 0.2) is 24.3 Å². The lowest BCUT2D eigenvalue weighted by Crippen LogP contribution is -2.37. The summed E-state index contributed by atoms with van der Waals surface area (Å²) in [6.07, 6.45) is 1.73. The average molecular weight is 276 g/mol. The smallest absolute Gasteiger partial charge is 0.316 e. The summed E-state index contributed by atoms with van der Waals surface area (Å²) < 4.78 is 0. The topological polar surface area (TPSA) is 110 Å². The first-order chi connectivity index (χ1) is 9.47. The summed E-state index contributed by atoms with van der Waals surface area (Å²) in [7, 11) is 0. The van der Waals surface area contributed by atoms with Crippen LogP contribution in [0.25, 0.3) is 0 Å². The molecule has 1 aromatic rings. The Balaban J connectivity index is 1.97. The minimum absolute atomic E-state index is 0.0202. The molecule has 1 atom stereocenters. The van der Waals surface area contributed by atoms with E-state index in [9.17, 15) is 9.59 Å². The number of carbonyl (C=O) groups is 2. The molecule has 1 aliphatic rings. The molecule has 20 heavy (non-hydrogen) atoms. The number of hydrogen-bond acceptors (Lipinski definition) is 3. The highest BCUT2D eigenvalue weighted by molar-refractivity contribution is 5.88. The van der Waals surface area contributed by atoms with Gasteiger partial charge in [-0.15, -0.1) is 0 Å². The largest absolute Gasteiger partial charge is 0.351 e. The van der Waals surface area contributed by atoms with Crippen molar-refractivity contribution in [2.75, 3.05) is 11.9 Å². The summed E-state index contributed by atoms with van der Waals surface area (Å²) >= 11 is 0. The van der Waals surface area contributed by atoms with Crippen molar-refractivity contribution in [1.29, 1.82) is 0 Å². The van der Waals surface area contributed by atoms with Crippen molar-refractivity contribution in [3.8, 4) is 0 Å². The number of carbonyl (C=O) groups excluding carboxylic acids is 2. The number of benzene rings is 1. The lowest BCUT2D eigenvalue weighted by atomic mass is 10.0. The molecule has 0 saturated heterocycles. The van der Waals surface area contributed by atoms with Crippen LogP contribution in [-0.4, -0.2) is 18.5 Å². The fourth-order valence-electron chi connectivity index (χ4n) is 2.11. The van der Waals surface area contributed by atoms with Crippen LogP contribution in [0.5, 0.6) is 0 Å². The lowest BCUT2D eigenvalue weighted by Gasteiger charge is -2.19. The summed E-state index contributed by atoms with van der Waals surface area (Å²) in [6, 6.07) is 6.49. The second-order valence-corrected chi connectivity index (χ2v) is 5.29. The summed E-state index contributed by atoms with van der Waals surface area (Å²) in [5, 5.41) is 5.47. The third kappa shape index (κ3) is 3.08. The molecule has 1 aliphatic carbocycles. The van der Waals surface area contributed by atoms with E-state index in [1.807, 2.05) is 19.1 Å². The Morgan fingerprint density at radius 1 is 1.30 bits per heavy atom. The van der Waals surface area contributed by atoms with E-state index in [2.05, 4.69) is 10.6 Å². The number of nitrogens with two attached hydrogens (primary N) is 2. The van der Waals surface area contributed by atoms with Crippen molar-refractivity contribution < 1.29 is 9.59 Å². The third-order valence-electron chi connectivity index (χ3n) is 3.75. The van der Waals surface area contributed by atoms with Crippen LogP contribution < -0.4 is 22.1 Å². The molecule has 1 fully saturated rings. The Hall–Kier alpha value is -2.08. The van der Waals surface area contributed by atoms with Gasteiger partial charge in [0.15, 0.2) is 0 Å². The molecular formula is C14H20N4O2. The van der Waals surface area contributed by atoms with Gasteiger partial charge in [-0.3, -0.25) is 4.79 Å². The molecule has 108 valence electrons. The van der Waals surface area contributed by atoms with E-state index >= 15 is 0 Å². The monoisotopic (exact) mass is 276 g/mol. The minimum atomic E-state index is -0.599. The molecule has 0 aromatic heterocycles. The van der Waals surface area contributed by atoms with Crippen LogP contribution >= 0.6 is 0 Å². The summed E-state index contributed by atoms with van der Waals surface area (Å²) in [5.74, 6) is 0.0202. The first-order valence-electron chi connectivity index (χ1n) is 6.64. The normalized spacial score (nSPS) is 17.1. The number of urea groups is 1.